The van der Waals surface area contributed by atoms with E-state index in [9.17, 15) is 0 Å². The first-order valence-corrected chi connectivity index (χ1v) is 6.47. The van der Waals surface area contributed by atoms with Crippen molar-refractivity contribution in [1.82, 2.24) is 15.5 Å². The van der Waals surface area contributed by atoms with Crippen LogP contribution >= 0.6 is 0 Å². The van der Waals surface area contributed by atoms with Crippen molar-refractivity contribution in [2.24, 2.45) is 0 Å². The van der Waals surface area contributed by atoms with Crippen LogP contribution in [0, 0.1) is 0 Å². The summed E-state index contributed by atoms with van der Waals surface area (Å²) in [6.07, 6.45) is 5.57. The fourth-order valence-electron chi connectivity index (χ4n) is 2.78. The number of nitrogens with zero attached hydrogens (tertiary/aromatic N) is 1. The number of nitrogens with one attached hydrogen (secondary N) is 2. The smallest absolute Gasteiger partial charge is 0.0153 e. The van der Waals surface area contributed by atoms with Gasteiger partial charge in [0.2, 0.25) is 0 Å². The number of rotatable bonds is 4. The van der Waals surface area contributed by atoms with E-state index in [1.54, 1.807) is 0 Å². The minimum Gasteiger partial charge on any atom is -0.314 e. The Balaban J connectivity index is 1.61. The predicted molar refractivity (Wildman–Crippen MR) is 64.2 cm³/mol. The second kappa shape index (κ2) is 5.28. The monoisotopic (exact) mass is 211 g/mol. The SMILES string of the molecule is CC1(NCCN2CCNCC2)CCCC1. The van der Waals surface area contributed by atoms with Crippen LogP contribution in [-0.4, -0.2) is 49.7 Å². The van der Waals surface area contributed by atoms with Gasteiger partial charge in [-0.25, -0.2) is 0 Å². The third-order valence-corrected chi connectivity index (χ3v) is 3.90. The molecule has 0 radical (unpaired) electrons. The fourth-order valence-corrected chi connectivity index (χ4v) is 2.78. The molecule has 2 fully saturated rings. The molecule has 0 aromatic rings. The molecule has 0 unspecified atom stereocenters. The highest BCUT2D eigenvalue weighted by Crippen LogP contribution is 2.28. The molecule has 0 amide bonds. The van der Waals surface area contributed by atoms with Gasteiger partial charge in [-0.15, -0.1) is 0 Å². The van der Waals surface area contributed by atoms with E-state index in [0.717, 1.165) is 19.6 Å². The normalized spacial score (nSPS) is 27.0. The number of piperazine rings is 1. The van der Waals surface area contributed by atoms with E-state index >= 15 is 0 Å². The minimum absolute atomic E-state index is 0.452. The predicted octanol–water partition coefficient (Wildman–Crippen LogP) is 0.814. The van der Waals surface area contributed by atoms with Crippen LogP contribution in [0.15, 0.2) is 0 Å². The zero-order chi connectivity index (χ0) is 10.6. The first-order valence-electron chi connectivity index (χ1n) is 6.47. The zero-order valence-electron chi connectivity index (χ0n) is 10.0. The molecule has 0 bridgehead atoms. The summed E-state index contributed by atoms with van der Waals surface area (Å²) in [5.74, 6) is 0. The first kappa shape index (κ1) is 11.4. The Labute approximate surface area is 93.6 Å². The van der Waals surface area contributed by atoms with Gasteiger partial charge in [-0.1, -0.05) is 12.8 Å². The molecule has 3 nitrogen and oxygen atoms in total. The molecule has 0 spiro atoms. The molecule has 2 rings (SSSR count). The lowest BCUT2D eigenvalue weighted by Gasteiger charge is -2.30. The molecule has 0 aromatic carbocycles. The Hall–Kier alpha value is -0.120. The summed E-state index contributed by atoms with van der Waals surface area (Å²) in [6, 6.07) is 0. The Morgan fingerprint density at radius 1 is 1.20 bits per heavy atom. The highest BCUT2D eigenvalue weighted by atomic mass is 15.2. The van der Waals surface area contributed by atoms with E-state index in [4.69, 9.17) is 0 Å². The molecule has 1 heterocycles. The van der Waals surface area contributed by atoms with E-state index in [-0.39, 0.29) is 0 Å². The molecule has 0 aromatic heterocycles. The summed E-state index contributed by atoms with van der Waals surface area (Å²) in [6.45, 7) is 9.54. The van der Waals surface area contributed by atoms with Crippen LogP contribution in [0.5, 0.6) is 0 Å². The van der Waals surface area contributed by atoms with Gasteiger partial charge in [-0.3, -0.25) is 4.90 Å². The quantitative estimate of drug-likeness (QED) is 0.721. The van der Waals surface area contributed by atoms with Gasteiger partial charge in [0.1, 0.15) is 0 Å². The van der Waals surface area contributed by atoms with Crippen LogP contribution in [0.4, 0.5) is 0 Å². The third kappa shape index (κ3) is 3.44. The van der Waals surface area contributed by atoms with Gasteiger partial charge in [0.25, 0.3) is 0 Å². The highest BCUT2D eigenvalue weighted by molar-refractivity contribution is 4.88. The van der Waals surface area contributed by atoms with Crippen molar-refractivity contribution >= 4 is 0 Å². The van der Waals surface area contributed by atoms with Gasteiger partial charge in [-0.2, -0.15) is 0 Å². The summed E-state index contributed by atoms with van der Waals surface area (Å²) < 4.78 is 0. The average molecular weight is 211 g/mol. The Kier molecular flexibility index (Phi) is 4.00. The molecule has 1 saturated heterocycles. The van der Waals surface area contributed by atoms with Crippen molar-refractivity contribution in [3.63, 3.8) is 0 Å². The molecule has 88 valence electrons. The van der Waals surface area contributed by atoms with Crippen LogP contribution in [0.3, 0.4) is 0 Å². The summed E-state index contributed by atoms with van der Waals surface area (Å²) in [7, 11) is 0. The van der Waals surface area contributed by atoms with Crippen LogP contribution in [0.1, 0.15) is 32.6 Å². The number of hydrogen-bond donors (Lipinski definition) is 2. The molecule has 2 aliphatic rings. The highest BCUT2D eigenvalue weighted by Gasteiger charge is 2.27. The lowest BCUT2D eigenvalue weighted by atomic mass is 10.0. The van der Waals surface area contributed by atoms with Gasteiger partial charge < -0.3 is 10.6 Å². The van der Waals surface area contributed by atoms with E-state index < -0.39 is 0 Å². The largest absolute Gasteiger partial charge is 0.314 e. The topological polar surface area (TPSA) is 27.3 Å². The minimum atomic E-state index is 0.452. The summed E-state index contributed by atoms with van der Waals surface area (Å²) in [4.78, 5) is 2.56. The van der Waals surface area contributed by atoms with Gasteiger partial charge in [-0.05, 0) is 19.8 Å². The summed E-state index contributed by atoms with van der Waals surface area (Å²) in [5, 5.41) is 7.13. The lowest BCUT2D eigenvalue weighted by molar-refractivity contribution is 0.228. The van der Waals surface area contributed by atoms with Gasteiger partial charge in [0.15, 0.2) is 0 Å². The Bertz CT molecular complexity index is 181. The number of hydrogen-bond acceptors (Lipinski definition) is 3. The van der Waals surface area contributed by atoms with Crippen LogP contribution < -0.4 is 10.6 Å². The Morgan fingerprint density at radius 3 is 2.53 bits per heavy atom. The Morgan fingerprint density at radius 2 is 1.87 bits per heavy atom. The third-order valence-electron chi connectivity index (χ3n) is 3.90. The summed E-state index contributed by atoms with van der Waals surface area (Å²) in [5.41, 5.74) is 0.452. The average Bonchev–Trinajstić information content (AvgIpc) is 2.67. The maximum absolute atomic E-state index is 3.74. The standard InChI is InChI=1S/C12H25N3/c1-12(4-2-3-5-12)14-8-11-15-9-6-13-7-10-15/h13-14H,2-11H2,1H3. The van der Waals surface area contributed by atoms with Crippen molar-refractivity contribution in [3.8, 4) is 0 Å². The molecule has 0 atom stereocenters. The molecule has 1 aliphatic heterocycles. The molecular weight excluding hydrogens is 186 g/mol. The van der Waals surface area contributed by atoms with Crippen molar-refractivity contribution < 1.29 is 0 Å². The van der Waals surface area contributed by atoms with Crippen molar-refractivity contribution in [1.29, 1.82) is 0 Å². The van der Waals surface area contributed by atoms with E-state index in [0.29, 0.717) is 5.54 Å². The first-order chi connectivity index (χ1) is 7.29. The second-order valence-corrected chi connectivity index (χ2v) is 5.29. The van der Waals surface area contributed by atoms with E-state index in [1.165, 1.54) is 45.3 Å². The maximum atomic E-state index is 3.74. The summed E-state index contributed by atoms with van der Waals surface area (Å²) >= 11 is 0. The lowest BCUT2D eigenvalue weighted by Crippen LogP contribution is -2.48. The van der Waals surface area contributed by atoms with Crippen molar-refractivity contribution in [2.45, 2.75) is 38.1 Å². The van der Waals surface area contributed by atoms with Gasteiger partial charge in [0, 0.05) is 44.8 Å². The second-order valence-electron chi connectivity index (χ2n) is 5.29. The fraction of sp³-hybridized carbons (Fsp3) is 1.00. The van der Waals surface area contributed by atoms with E-state index in [1.807, 2.05) is 0 Å². The molecule has 2 N–H and O–H groups in total. The van der Waals surface area contributed by atoms with Gasteiger partial charge in [0.05, 0.1) is 0 Å². The van der Waals surface area contributed by atoms with Crippen LogP contribution in [0.25, 0.3) is 0 Å². The maximum Gasteiger partial charge on any atom is 0.0153 e. The van der Waals surface area contributed by atoms with E-state index in [2.05, 4.69) is 22.5 Å². The van der Waals surface area contributed by atoms with Gasteiger partial charge >= 0.3 is 0 Å². The molecule has 15 heavy (non-hydrogen) atoms. The molecule has 1 saturated carbocycles. The molecular formula is C12H25N3. The molecule has 1 aliphatic carbocycles. The van der Waals surface area contributed by atoms with Crippen LogP contribution in [-0.2, 0) is 0 Å². The van der Waals surface area contributed by atoms with Crippen molar-refractivity contribution in [3.05, 3.63) is 0 Å². The zero-order valence-corrected chi connectivity index (χ0v) is 10.0. The van der Waals surface area contributed by atoms with Crippen LogP contribution in [0.2, 0.25) is 0 Å². The molecule has 3 heteroatoms. The van der Waals surface area contributed by atoms with Crippen molar-refractivity contribution in [2.75, 3.05) is 39.3 Å².